The smallest absolute Gasteiger partial charge is 0.330 e. The van der Waals surface area contributed by atoms with Gasteiger partial charge in [0, 0.05) is 35.2 Å². The van der Waals surface area contributed by atoms with Crippen LogP contribution in [0.25, 0.3) is 0 Å². The van der Waals surface area contributed by atoms with Gasteiger partial charge in [0.25, 0.3) is 5.56 Å². The number of rotatable bonds is 12. The minimum atomic E-state index is -0.620. The molecule has 0 aliphatic heterocycles. The molecule has 0 fully saturated rings. The molecular formula is C22H31ClN4O3S. The summed E-state index contributed by atoms with van der Waals surface area (Å²) in [6.07, 6.45) is 4.53. The number of amides is 1. The Morgan fingerprint density at radius 3 is 2.45 bits per heavy atom. The van der Waals surface area contributed by atoms with Crippen LogP contribution in [-0.4, -0.2) is 27.8 Å². The first-order valence-electron chi connectivity index (χ1n) is 10.7. The highest BCUT2D eigenvalue weighted by atomic mass is 35.5. The highest BCUT2D eigenvalue weighted by Gasteiger charge is 2.23. The zero-order valence-corrected chi connectivity index (χ0v) is 19.7. The van der Waals surface area contributed by atoms with Gasteiger partial charge in [0.1, 0.15) is 5.82 Å². The molecular weight excluding hydrogens is 436 g/mol. The summed E-state index contributed by atoms with van der Waals surface area (Å²) >= 11 is 7.46. The Labute approximate surface area is 192 Å². The molecule has 2 rings (SSSR count). The number of nitrogens with one attached hydrogen (secondary N) is 1. The molecule has 0 atom stereocenters. The second-order valence-electron chi connectivity index (χ2n) is 7.30. The molecule has 0 radical (unpaired) electrons. The van der Waals surface area contributed by atoms with Crippen LogP contribution in [0.4, 0.5) is 11.5 Å². The van der Waals surface area contributed by atoms with Crippen LogP contribution in [0.15, 0.2) is 38.8 Å². The summed E-state index contributed by atoms with van der Waals surface area (Å²) in [5.74, 6) is 0.422. The molecule has 1 heterocycles. The van der Waals surface area contributed by atoms with Crippen molar-refractivity contribution < 1.29 is 4.79 Å². The lowest BCUT2D eigenvalue weighted by atomic mass is 10.2. The molecule has 0 bridgehead atoms. The highest BCUT2D eigenvalue weighted by molar-refractivity contribution is 7.99. The molecule has 0 aliphatic rings. The van der Waals surface area contributed by atoms with Gasteiger partial charge in [0.2, 0.25) is 5.91 Å². The van der Waals surface area contributed by atoms with E-state index in [4.69, 9.17) is 17.3 Å². The van der Waals surface area contributed by atoms with Crippen molar-refractivity contribution in [2.24, 2.45) is 0 Å². The van der Waals surface area contributed by atoms with Gasteiger partial charge in [-0.25, -0.2) is 4.79 Å². The van der Waals surface area contributed by atoms with Crippen molar-refractivity contribution in [3.63, 3.8) is 0 Å². The number of nitrogens with zero attached hydrogens (tertiary/aromatic N) is 2. The molecule has 2 aromatic rings. The summed E-state index contributed by atoms with van der Waals surface area (Å²) in [6.45, 7) is 4.86. The Morgan fingerprint density at radius 2 is 1.81 bits per heavy atom. The molecule has 0 aliphatic carbocycles. The molecule has 31 heavy (non-hydrogen) atoms. The molecule has 1 aromatic carbocycles. The normalized spacial score (nSPS) is 10.9. The van der Waals surface area contributed by atoms with Crippen molar-refractivity contribution >= 4 is 40.8 Å². The molecule has 0 saturated carbocycles. The van der Waals surface area contributed by atoms with Crippen molar-refractivity contribution in [2.75, 3.05) is 22.9 Å². The van der Waals surface area contributed by atoms with Gasteiger partial charge in [-0.05, 0) is 37.1 Å². The SMILES string of the molecule is CCCCCN(C(=O)CCSc1ccc(Cl)cc1)c1c(N)n(CCCC)c(=O)[nH]c1=O. The van der Waals surface area contributed by atoms with E-state index in [0.717, 1.165) is 37.0 Å². The van der Waals surface area contributed by atoms with E-state index >= 15 is 0 Å². The first kappa shape index (κ1) is 25.1. The largest absolute Gasteiger partial charge is 0.383 e. The van der Waals surface area contributed by atoms with E-state index in [1.165, 1.54) is 9.47 Å². The third-order valence-electron chi connectivity index (χ3n) is 4.90. The second kappa shape index (κ2) is 12.6. The van der Waals surface area contributed by atoms with E-state index < -0.39 is 11.2 Å². The van der Waals surface area contributed by atoms with Gasteiger partial charge in [0.15, 0.2) is 5.69 Å². The predicted molar refractivity (Wildman–Crippen MR) is 129 cm³/mol. The summed E-state index contributed by atoms with van der Waals surface area (Å²) in [6, 6.07) is 7.43. The van der Waals surface area contributed by atoms with Crippen molar-refractivity contribution in [1.82, 2.24) is 9.55 Å². The number of aromatic nitrogens is 2. The fourth-order valence-corrected chi connectivity index (χ4v) is 4.15. The maximum absolute atomic E-state index is 13.1. The molecule has 0 spiro atoms. The van der Waals surface area contributed by atoms with Crippen LogP contribution in [0.2, 0.25) is 5.02 Å². The average molecular weight is 467 g/mol. The Morgan fingerprint density at radius 1 is 1.13 bits per heavy atom. The zero-order valence-electron chi connectivity index (χ0n) is 18.2. The number of benzene rings is 1. The standard InChI is InChI=1S/C22H31ClN4O3S/c1-3-5-7-14-26(18(28)12-15-31-17-10-8-16(23)9-11-17)19-20(24)27(13-6-4-2)22(30)25-21(19)29/h8-11H,3-7,12-15,24H2,1-2H3,(H,25,29,30). The Kier molecular flexibility index (Phi) is 10.2. The average Bonchev–Trinajstić information content (AvgIpc) is 2.73. The Bertz CT molecular complexity index is 972. The fourth-order valence-electron chi connectivity index (χ4n) is 3.18. The summed E-state index contributed by atoms with van der Waals surface area (Å²) < 4.78 is 1.35. The van der Waals surface area contributed by atoms with E-state index in [-0.39, 0.29) is 23.8 Å². The van der Waals surface area contributed by atoms with E-state index in [0.29, 0.717) is 23.9 Å². The van der Waals surface area contributed by atoms with E-state index in [1.54, 1.807) is 11.8 Å². The monoisotopic (exact) mass is 466 g/mol. The van der Waals surface area contributed by atoms with Crippen LogP contribution < -0.4 is 21.9 Å². The number of H-pyrrole nitrogens is 1. The first-order valence-corrected chi connectivity index (χ1v) is 12.1. The second-order valence-corrected chi connectivity index (χ2v) is 8.91. The number of nitrogen functional groups attached to an aromatic ring is 1. The number of thioether (sulfide) groups is 1. The van der Waals surface area contributed by atoms with Crippen molar-refractivity contribution in [1.29, 1.82) is 0 Å². The van der Waals surface area contributed by atoms with E-state index in [2.05, 4.69) is 11.9 Å². The topological polar surface area (TPSA) is 101 Å². The van der Waals surface area contributed by atoms with Crippen LogP contribution in [-0.2, 0) is 11.3 Å². The molecule has 1 aromatic heterocycles. The highest BCUT2D eigenvalue weighted by Crippen LogP contribution is 2.23. The zero-order chi connectivity index (χ0) is 22.8. The lowest BCUT2D eigenvalue weighted by Gasteiger charge is -2.24. The number of hydrogen-bond acceptors (Lipinski definition) is 5. The lowest BCUT2D eigenvalue weighted by Crippen LogP contribution is -2.41. The van der Waals surface area contributed by atoms with E-state index in [1.807, 2.05) is 31.2 Å². The van der Waals surface area contributed by atoms with Crippen LogP contribution >= 0.6 is 23.4 Å². The van der Waals surface area contributed by atoms with Crippen LogP contribution in [0.1, 0.15) is 52.4 Å². The number of carbonyl (C=O) groups is 1. The number of anilines is 2. The third-order valence-corrected chi connectivity index (χ3v) is 6.17. The summed E-state index contributed by atoms with van der Waals surface area (Å²) in [5.41, 5.74) is 5.15. The lowest BCUT2D eigenvalue weighted by molar-refractivity contribution is -0.118. The Hall–Kier alpha value is -2.19. The van der Waals surface area contributed by atoms with Crippen LogP contribution in [0.5, 0.6) is 0 Å². The molecule has 7 nitrogen and oxygen atoms in total. The third kappa shape index (κ3) is 7.18. The van der Waals surface area contributed by atoms with Gasteiger partial charge >= 0.3 is 5.69 Å². The summed E-state index contributed by atoms with van der Waals surface area (Å²) in [7, 11) is 0. The first-order chi connectivity index (χ1) is 14.9. The summed E-state index contributed by atoms with van der Waals surface area (Å²) in [4.78, 5) is 42.8. The minimum Gasteiger partial charge on any atom is -0.383 e. The van der Waals surface area contributed by atoms with Gasteiger partial charge in [-0.15, -0.1) is 11.8 Å². The maximum atomic E-state index is 13.1. The van der Waals surface area contributed by atoms with Crippen molar-refractivity contribution in [2.45, 2.75) is 63.8 Å². The van der Waals surface area contributed by atoms with Crippen molar-refractivity contribution in [3.05, 3.63) is 50.1 Å². The number of nitrogens with two attached hydrogens (primary N) is 1. The summed E-state index contributed by atoms with van der Waals surface area (Å²) in [5, 5.41) is 0.662. The van der Waals surface area contributed by atoms with Gasteiger partial charge in [-0.3, -0.25) is 19.1 Å². The van der Waals surface area contributed by atoms with Gasteiger partial charge < -0.3 is 10.6 Å². The van der Waals surface area contributed by atoms with Gasteiger partial charge in [-0.1, -0.05) is 44.7 Å². The quantitative estimate of drug-likeness (QED) is 0.359. The molecule has 170 valence electrons. The minimum absolute atomic E-state index is 0.0532. The maximum Gasteiger partial charge on any atom is 0.330 e. The van der Waals surface area contributed by atoms with Gasteiger partial charge in [0.05, 0.1) is 0 Å². The van der Waals surface area contributed by atoms with Crippen LogP contribution in [0.3, 0.4) is 0 Å². The number of carbonyl (C=O) groups excluding carboxylic acids is 1. The van der Waals surface area contributed by atoms with E-state index in [9.17, 15) is 14.4 Å². The molecule has 0 unspecified atom stereocenters. The Balaban J connectivity index is 2.24. The van der Waals surface area contributed by atoms with Crippen LogP contribution in [0, 0.1) is 0 Å². The predicted octanol–water partition coefficient (Wildman–Crippen LogP) is 4.28. The van der Waals surface area contributed by atoms with Gasteiger partial charge in [-0.2, -0.15) is 0 Å². The fraction of sp³-hybridized carbons (Fsp3) is 0.500. The van der Waals surface area contributed by atoms with Crippen molar-refractivity contribution in [3.8, 4) is 0 Å². The number of halogens is 1. The molecule has 3 N–H and O–H groups in total. The number of hydrogen-bond donors (Lipinski definition) is 2. The molecule has 1 amide bonds. The number of aromatic amines is 1. The molecule has 9 heteroatoms. The number of unbranched alkanes of at least 4 members (excludes halogenated alkanes) is 3. The molecule has 0 saturated heterocycles.